The number of para-hydroxylation sites is 7. The van der Waals surface area contributed by atoms with Gasteiger partial charge in [-0.15, -0.1) is 0 Å². The van der Waals surface area contributed by atoms with Crippen LogP contribution in [0, 0.1) is 0 Å². The SMILES string of the molecule is c1ccc(-c2cc(-c3ccccc3)cc(N3c4cc(-n5c6ccccc6c6ccccc65)ccc4B4c5ccc(-n6c7ccccc7c7cc(N(c8ccccc8)c8ccccc8)ccc76)cc5N(c5cc(-c6ccccc6)cc(-c6ccccc6)c5)c5cc(-n6c7ccccc7c7ccccc76)cc3c54)c2)cc1. The average Bonchev–Trinajstić information content (AvgIpc) is 1.28. The molecule has 0 saturated carbocycles. The number of fused-ring (bicyclic) bond motifs is 13. The van der Waals surface area contributed by atoms with Gasteiger partial charge >= 0.3 is 0 Å². The summed E-state index contributed by atoms with van der Waals surface area (Å²) >= 11 is 0. The molecule has 7 heteroatoms. The lowest BCUT2D eigenvalue weighted by atomic mass is 9.33. The summed E-state index contributed by atoms with van der Waals surface area (Å²) in [6.45, 7) is -0.268. The normalized spacial score (nSPS) is 12.3. The Morgan fingerprint density at radius 1 is 0.183 bits per heavy atom. The maximum Gasteiger partial charge on any atom is 0.252 e. The van der Waals surface area contributed by atoms with Gasteiger partial charge in [-0.05, 0) is 206 Å². The quantitative estimate of drug-likeness (QED) is 0.114. The third kappa shape index (κ3) is 10.0. The first kappa shape index (κ1) is 62.0. The van der Waals surface area contributed by atoms with E-state index in [1.165, 1.54) is 48.7 Å². The third-order valence-corrected chi connectivity index (χ3v) is 22.7. The molecule has 22 rings (SSSR count). The molecule has 0 fully saturated rings. The van der Waals surface area contributed by atoms with Crippen LogP contribution in [0.25, 0.3) is 127 Å². The van der Waals surface area contributed by atoms with E-state index >= 15 is 0 Å². The zero-order chi connectivity index (χ0) is 71.6. The van der Waals surface area contributed by atoms with Crippen molar-refractivity contribution in [2.45, 2.75) is 0 Å². The summed E-state index contributed by atoms with van der Waals surface area (Å²) in [5.74, 6) is 0. The maximum absolute atomic E-state index is 2.64. The number of hydrogen-bond donors (Lipinski definition) is 0. The molecule has 2 aliphatic rings. The summed E-state index contributed by atoms with van der Waals surface area (Å²) in [6.07, 6.45) is 0. The van der Waals surface area contributed by atoms with Crippen molar-refractivity contribution in [2.75, 3.05) is 14.7 Å². The van der Waals surface area contributed by atoms with Crippen LogP contribution in [0.2, 0.25) is 0 Å². The van der Waals surface area contributed by atoms with Crippen molar-refractivity contribution in [2.24, 2.45) is 0 Å². The molecule has 109 heavy (non-hydrogen) atoms. The van der Waals surface area contributed by atoms with Gasteiger partial charge in [0.05, 0.1) is 38.8 Å². The Bertz CT molecular complexity index is 6730. The molecule has 0 N–H and O–H groups in total. The Morgan fingerprint density at radius 3 is 0.835 bits per heavy atom. The first-order valence-electron chi connectivity index (χ1n) is 37.6. The minimum absolute atomic E-state index is 0.268. The van der Waals surface area contributed by atoms with Gasteiger partial charge in [-0.25, -0.2) is 0 Å². The molecule has 5 heterocycles. The van der Waals surface area contributed by atoms with Gasteiger partial charge in [0, 0.05) is 94.9 Å². The van der Waals surface area contributed by atoms with Crippen LogP contribution in [0.3, 0.4) is 0 Å². The number of aromatic nitrogens is 3. The standard InChI is InChI=1S/C102H67BN6/c1-7-29-68(30-8-1)72-57-73(69-31-9-2-10-32-69)60-81(59-72)108-98-64-79(105-92-46-24-19-41-84(92)85-42-20-25-47-93(85)105)51-54-90(98)103-91-55-52-80(106-96-50-28-23-45-88(96)89-63-78(53-56-97(89)106)104(76-37-15-5-16-38-76)77-39-17-6-18-40-77)65-99(91)109(82-61-74(70-33-11-3-12-34-70)58-75(62-82)71-35-13-4-14-36-71)101-67-83(66-100(108)102(101)103)107-94-48-26-21-43-86(94)87-44-22-27-49-95(87)107/h1-67H. The fraction of sp³-hybridized carbons (Fsp3) is 0. The molecule has 508 valence electrons. The Hall–Kier alpha value is -14.4. The van der Waals surface area contributed by atoms with Gasteiger partial charge in [-0.2, -0.15) is 0 Å². The van der Waals surface area contributed by atoms with Crippen LogP contribution in [-0.4, -0.2) is 20.4 Å². The highest BCUT2D eigenvalue weighted by Crippen LogP contribution is 2.51. The van der Waals surface area contributed by atoms with Crippen molar-refractivity contribution in [3.8, 4) is 61.6 Å². The van der Waals surface area contributed by atoms with Gasteiger partial charge in [-0.1, -0.05) is 261 Å². The first-order chi connectivity index (χ1) is 54.1. The molecular weight excluding hydrogens is 1320 g/mol. The van der Waals surface area contributed by atoms with E-state index in [9.17, 15) is 0 Å². The van der Waals surface area contributed by atoms with Crippen LogP contribution in [-0.2, 0) is 0 Å². The Balaban J connectivity index is 0.874. The van der Waals surface area contributed by atoms with Crippen molar-refractivity contribution in [1.82, 2.24) is 13.7 Å². The van der Waals surface area contributed by atoms with E-state index in [0.717, 1.165) is 146 Å². The van der Waals surface area contributed by atoms with Crippen molar-refractivity contribution in [3.63, 3.8) is 0 Å². The molecule has 0 atom stereocenters. The Kier molecular flexibility index (Phi) is 14.3. The zero-order valence-electron chi connectivity index (χ0n) is 59.4. The molecule has 17 aromatic carbocycles. The second-order valence-electron chi connectivity index (χ2n) is 28.8. The molecule has 0 amide bonds. The van der Waals surface area contributed by atoms with Crippen LogP contribution in [0.4, 0.5) is 51.2 Å². The molecule has 20 aromatic rings. The second-order valence-corrected chi connectivity index (χ2v) is 28.8. The lowest BCUT2D eigenvalue weighted by Gasteiger charge is -2.45. The van der Waals surface area contributed by atoms with E-state index in [1.807, 2.05) is 0 Å². The largest absolute Gasteiger partial charge is 0.311 e. The lowest BCUT2D eigenvalue weighted by Crippen LogP contribution is -2.61. The smallest absolute Gasteiger partial charge is 0.252 e. The number of nitrogens with zero attached hydrogens (tertiary/aromatic N) is 6. The van der Waals surface area contributed by atoms with Gasteiger partial charge in [0.1, 0.15) is 0 Å². The van der Waals surface area contributed by atoms with Gasteiger partial charge in [-0.3, -0.25) is 0 Å². The number of hydrogen-bond acceptors (Lipinski definition) is 3. The number of rotatable bonds is 12. The minimum Gasteiger partial charge on any atom is -0.311 e. The highest BCUT2D eigenvalue weighted by atomic mass is 15.2. The van der Waals surface area contributed by atoms with E-state index in [4.69, 9.17) is 0 Å². The summed E-state index contributed by atoms with van der Waals surface area (Å²) < 4.78 is 7.51. The van der Waals surface area contributed by atoms with Gasteiger partial charge in [0.2, 0.25) is 0 Å². The lowest BCUT2D eigenvalue weighted by molar-refractivity contribution is 1.15. The second kappa shape index (κ2) is 25.2. The van der Waals surface area contributed by atoms with Crippen molar-refractivity contribution < 1.29 is 0 Å². The van der Waals surface area contributed by atoms with Crippen LogP contribution in [0.15, 0.2) is 406 Å². The molecule has 2 aliphatic heterocycles. The number of anilines is 9. The van der Waals surface area contributed by atoms with E-state index < -0.39 is 0 Å². The molecule has 0 radical (unpaired) electrons. The molecular formula is C102H67BN6. The highest BCUT2D eigenvalue weighted by molar-refractivity contribution is 7.00. The highest BCUT2D eigenvalue weighted by Gasteiger charge is 2.45. The van der Waals surface area contributed by atoms with Crippen LogP contribution >= 0.6 is 0 Å². The fourth-order valence-electron chi connectivity index (χ4n) is 18.0. The predicted molar refractivity (Wildman–Crippen MR) is 460 cm³/mol. The van der Waals surface area contributed by atoms with Crippen LogP contribution in [0.1, 0.15) is 0 Å². The third-order valence-electron chi connectivity index (χ3n) is 22.7. The molecule has 0 spiro atoms. The predicted octanol–water partition coefficient (Wildman–Crippen LogP) is 25.2. The summed E-state index contributed by atoms with van der Waals surface area (Å²) in [7, 11) is 0. The maximum atomic E-state index is 2.64. The molecule has 0 unspecified atom stereocenters. The Morgan fingerprint density at radius 2 is 0.477 bits per heavy atom. The minimum atomic E-state index is -0.268. The molecule has 3 aromatic heterocycles. The topological polar surface area (TPSA) is 24.5 Å². The van der Waals surface area contributed by atoms with Crippen LogP contribution in [0.5, 0.6) is 0 Å². The van der Waals surface area contributed by atoms with Crippen molar-refractivity contribution >= 4 is 140 Å². The Labute approximate surface area is 632 Å². The molecule has 0 saturated heterocycles. The monoisotopic (exact) mass is 1390 g/mol. The summed E-state index contributed by atoms with van der Waals surface area (Å²) in [6, 6.07) is 151. The van der Waals surface area contributed by atoms with Gasteiger partial charge in [0.25, 0.3) is 6.71 Å². The summed E-state index contributed by atoms with van der Waals surface area (Å²) in [5.41, 5.74) is 32.4. The van der Waals surface area contributed by atoms with Crippen LogP contribution < -0.4 is 31.1 Å². The first-order valence-corrected chi connectivity index (χ1v) is 37.6. The van der Waals surface area contributed by atoms with Gasteiger partial charge in [0.15, 0.2) is 0 Å². The average molecular weight is 1390 g/mol. The van der Waals surface area contributed by atoms with Crippen molar-refractivity contribution in [3.05, 3.63) is 406 Å². The van der Waals surface area contributed by atoms with Crippen molar-refractivity contribution in [1.29, 1.82) is 0 Å². The number of benzene rings is 17. The summed E-state index contributed by atoms with van der Waals surface area (Å²) in [4.78, 5) is 7.64. The summed E-state index contributed by atoms with van der Waals surface area (Å²) in [5, 5.41) is 7.18. The van der Waals surface area contributed by atoms with E-state index in [2.05, 4.69) is 435 Å². The van der Waals surface area contributed by atoms with E-state index in [-0.39, 0.29) is 6.71 Å². The zero-order valence-corrected chi connectivity index (χ0v) is 59.4. The molecule has 0 aliphatic carbocycles. The molecule has 0 bridgehead atoms. The van der Waals surface area contributed by atoms with E-state index in [0.29, 0.717) is 0 Å². The van der Waals surface area contributed by atoms with Gasteiger partial charge < -0.3 is 28.4 Å². The fourth-order valence-corrected chi connectivity index (χ4v) is 18.0. The van der Waals surface area contributed by atoms with E-state index in [1.54, 1.807) is 0 Å². The molecule has 6 nitrogen and oxygen atoms in total.